The molecule has 0 heterocycles. The van der Waals surface area contributed by atoms with Gasteiger partial charge in [0.2, 0.25) is 0 Å². The molecule has 0 N–H and O–H groups in total. The van der Waals surface area contributed by atoms with Crippen molar-refractivity contribution in [2.75, 3.05) is 0 Å². The van der Waals surface area contributed by atoms with Crippen LogP contribution in [0.3, 0.4) is 0 Å². The van der Waals surface area contributed by atoms with E-state index < -0.39 is 11.6 Å². The Hall–Kier alpha value is -1.18. The molecule has 0 aromatic heterocycles. The van der Waals surface area contributed by atoms with Crippen molar-refractivity contribution < 1.29 is 8.78 Å². The van der Waals surface area contributed by atoms with Gasteiger partial charge in [-0.25, -0.2) is 8.78 Å². The summed E-state index contributed by atoms with van der Waals surface area (Å²) < 4.78 is 26.8. The maximum atomic E-state index is 13.6. The van der Waals surface area contributed by atoms with Gasteiger partial charge in [-0.3, -0.25) is 0 Å². The van der Waals surface area contributed by atoms with Crippen LogP contribution in [0.2, 0.25) is 0 Å². The summed E-state index contributed by atoms with van der Waals surface area (Å²) in [4.78, 5) is 0. The summed E-state index contributed by atoms with van der Waals surface area (Å²) in [5, 5.41) is 0. The Morgan fingerprint density at radius 1 is 0.656 bits per heavy atom. The minimum absolute atomic E-state index is 0.421. The predicted molar refractivity (Wildman–Crippen MR) is 131 cm³/mol. The van der Waals surface area contributed by atoms with Gasteiger partial charge in [-0.2, -0.15) is 0 Å². The molecule has 1 aromatic rings. The predicted octanol–water partition coefficient (Wildman–Crippen LogP) is 9.60. The van der Waals surface area contributed by atoms with Crippen LogP contribution in [0.1, 0.15) is 114 Å². The van der Waals surface area contributed by atoms with E-state index in [1.165, 1.54) is 102 Å². The van der Waals surface area contributed by atoms with Gasteiger partial charge in [0.25, 0.3) is 0 Å². The molecule has 0 radical (unpaired) electrons. The van der Waals surface area contributed by atoms with Crippen LogP contribution in [0.5, 0.6) is 0 Å². The zero-order valence-electron chi connectivity index (χ0n) is 20.1. The molecule has 178 valence electrons. The third-order valence-electron chi connectivity index (χ3n) is 9.47. The third kappa shape index (κ3) is 6.45. The normalized spacial score (nSPS) is 33.7. The maximum absolute atomic E-state index is 13.6. The Bertz CT molecular complexity index is 702. The van der Waals surface area contributed by atoms with Crippen molar-refractivity contribution >= 4 is 0 Å². The van der Waals surface area contributed by atoms with E-state index >= 15 is 0 Å². The second-order valence-electron chi connectivity index (χ2n) is 11.4. The average molecular weight is 443 g/mol. The molecule has 0 bridgehead atoms. The number of halogens is 2. The van der Waals surface area contributed by atoms with Crippen LogP contribution in [0.4, 0.5) is 8.78 Å². The largest absolute Gasteiger partial charge is 0.204 e. The standard InChI is InChI=1S/C30H44F2/c1-2-3-4-22-5-7-23(8-6-22)9-10-24-11-13-25(14-12-24)26-15-17-27(18-16-26)28-19-20-29(31)30(32)21-28/h2,19-27H,1,3-18H2. The number of hydrogen-bond acceptors (Lipinski definition) is 0. The van der Waals surface area contributed by atoms with Gasteiger partial charge < -0.3 is 0 Å². The summed E-state index contributed by atoms with van der Waals surface area (Å²) in [6, 6.07) is 4.52. The Labute approximate surface area is 195 Å². The van der Waals surface area contributed by atoms with Gasteiger partial charge in [0, 0.05) is 0 Å². The molecule has 3 saturated carbocycles. The van der Waals surface area contributed by atoms with E-state index in [1.54, 1.807) is 6.07 Å². The van der Waals surface area contributed by atoms with E-state index in [-0.39, 0.29) is 0 Å². The van der Waals surface area contributed by atoms with Gasteiger partial charge >= 0.3 is 0 Å². The maximum Gasteiger partial charge on any atom is 0.159 e. The van der Waals surface area contributed by atoms with Crippen molar-refractivity contribution in [1.82, 2.24) is 0 Å². The molecule has 2 heteroatoms. The van der Waals surface area contributed by atoms with Crippen LogP contribution < -0.4 is 0 Å². The molecular formula is C30H44F2. The molecule has 3 aliphatic carbocycles. The second-order valence-corrected chi connectivity index (χ2v) is 11.4. The van der Waals surface area contributed by atoms with Crippen LogP contribution in [0.25, 0.3) is 0 Å². The quantitative estimate of drug-likeness (QED) is 0.351. The number of rotatable bonds is 8. The molecule has 0 spiro atoms. The number of benzene rings is 1. The lowest BCUT2D eigenvalue weighted by Crippen LogP contribution is -2.25. The van der Waals surface area contributed by atoms with E-state index in [2.05, 4.69) is 12.7 Å². The summed E-state index contributed by atoms with van der Waals surface area (Å²) in [6.45, 7) is 3.87. The van der Waals surface area contributed by atoms with Crippen LogP contribution in [0, 0.1) is 41.2 Å². The lowest BCUT2D eigenvalue weighted by atomic mass is 9.67. The molecule has 0 atom stereocenters. The van der Waals surface area contributed by atoms with Crippen molar-refractivity contribution in [3.05, 3.63) is 48.1 Å². The van der Waals surface area contributed by atoms with E-state index in [0.29, 0.717) is 5.92 Å². The zero-order valence-corrected chi connectivity index (χ0v) is 20.1. The highest BCUT2D eigenvalue weighted by molar-refractivity contribution is 5.22. The van der Waals surface area contributed by atoms with Gasteiger partial charge in [-0.1, -0.05) is 63.5 Å². The molecule has 3 fully saturated rings. The van der Waals surface area contributed by atoms with E-state index in [0.717, 1.165) is 48.0 Å². The van der Waals surface area contributed by atoms with Crippen LogP contribution >= 0.6 is 0 Å². The first-order valence-electron chi connectivity index (χ1n) is 13.7. The fraction of sp³-hybridized carbons (Fsp3) is 0.733. The second kappa shape index (κ2) is 11.8. The zero-order chi connectivity index (χ0) is 22.3. The Morgan fingerprint density at radius 2 is 1.16 bits per heavy atom. The SMILES string of the molecule is C=CCCC1CCC(CCC2CCC(C3CCC(c4ccc(F)c(F)c4)CC3)CC2)CC1. The van der Waals surface area contributed by atoms with Crippen LogP contribution in [-0.2, 0) is 0 Å². The van der Waals surface area contributed by atoms with Crippen molar-refractivity contribution in [1.29, 1.82) is 0 Å². The number of allylic oxidation sites excluding steroid dienone is 1. The first-order chi connectivity index (χ1) is 15.6. The summed E-state index contributed by atoms with van der Waals surface area (Å²) in [7, 11) is 0. The molecule has 0 saturated heterocycles. The lowest BCUT2D eigenvalue weighted by Gasteiger charge is -2.38. The van der Waals surface area contributed by atoms with E-state index in [4.69, 9.17) is 0 Å². The average Bonchev–Trinajstić information content (AvgIpc) is 2.84. The molecule has 0 unspecified atom stereocenters. The third-order valence-corrected chi connectivity index (χ3v) is 9.47. The summed E-state index contributed by atoms with van der Waals surface area (Å²) in [6.07, 6.45) is 24.0. The monoisotopic (exact) mass is 442 g/mol. The van der Waals surface area contributed by atoms with Gasteiger partial charge in [0.15, 0.2) is 11.6 Å². The highest BCUT2D eigenvalue weighted by Gasteiger charge is 2.32. The summed E-state index contributed by atoms with van der Waals surface area (Å²) >= 11 is 0. The van der Waals surface area contributed by atoms with Gasteiger partial charge in [-0.15, -0.1) is 6.58 Å². The van der Waals surface area contributed by atoms with Crippen molar-refractivity contribution in [3.8, 4) is 0 Å². The van der Waals surface area contributed by atoms with Crippen LogP contribution in [-0.4, -0.2) is 0 Å². The molecule has 32 heavy (non-hydrogen) atoms. The molecule has 4 rings (SSSR count). The molecule has 0 nitrogen and oxygen atoms in total. The minimum Gasteiger partial charge on any atom is -0.204 e. The fourth-order valence-corrected chi connectivity index (χ4v) is 7.27. The highest BCUT2D eigenvalue weighted by atomic mass is 19.2. The van der Waals surface area contributed by atoms with Crippen molar-refractivity contribution in [2.45, 2.75) is 109 Å². The van der Waals surface area contributed by atoms with Gasteiger partial charge in [0.1, 0.15) is 0 Å². The summed E-state index contributed by atoms with van der Waals surface area (Å²) in [5.74, 6) is 3.73. The molecule has 1 aromatic carbocycles. The molecule has 0 amide bonds. The van der Waals surface area contributed by atoms with Crippen LogP contribution in [0.15, 0.2) is 30.9 Å². The van der Waals surface area contributed by atoms with Gasteiger partial charge in [-0.05, 0) is 105 Å². The lowest BCUT2D eigenvalue weighted by molar-refractivity contribution is 0.149. The Kier molecular flexibility index (Phi) is 8.83. The molecule has 0 aliphatic heterocycles. The van der Waals surface area contributed by atoms with Crippen molar-refractivity contribution in [3.63, 3.8) is 0 Å². The Balaban J connectivity index is 1.12. The highest BCUT2D eigenvalue weighted by Crippen LogP contribution is 2.45. The first kappa shape index (κ1) is 24.0. The fourth-order valence-electron chi connectivity index (χ4n) is 7.27. The molecule has 3 aliphatic rings. The topological polar surface area (TPSA) is 0 Å². The molecular weight excluding hydrogens is 398 g/mol. The minimum atomic E-state index is -0.726. The van der Waals surface area contributed by atoms with Gasteiger partial charge in [0.05, 0.1) is 0 Å². The van der Waals surface area contributed by atoms with E-state index in [9.17, 15) is 8.78 Å². The smallest absolute Gasteiger partial charge is 0.159 e. The first-order valence-corrected chi connectivity index (χ1v) is 13.7. The Morgan fingerprint density at radius 3 is 1.69 bits per heavy atom. The summed E-state index contributed by atoms with van der Waals surface area (Å²) in [5.41, 5.74) is 1.00. The van der Waals surface area contributed by atoms with Crippen molar-refractivity contribution in [2.24, 2.45) is 29.6 Å². The van der Waals surface area contributed by atoms with E-state index in [1.807, 2.05) is 0 Å². The number of hydrogen-bond donors (Lipinski definition) is 0.